The Morgan fingerprint density at radius 3 is 2.25 bits per heavy atom. The van der Waals surface area contributed by atoms with Crippen LogP contribution in [-0.4, -0.2) is 18.3 Å². The molecule has 0 radical (unpaired) electrons. The van der Waals surface area contributed by atoms with Crippen molar-refractivity contribution in [3.63, 3.8) is 0 Å². The molecule has 1 saturated carbocycles. The summed E-state index contributed by atoms with van der Waals surface area (Å²) in [5.41, 5.74) is 1.03. The van der Waals surface area contributed by atoms with Crippen LogP contribution in [0.1, 0.15) is 59.8 Å². The van der Waals surface area contributed by atoms with Crippen molar-refractivity contribution in [3.05, 3.63) is 48.1 Å². The van der Waals surface area contributed by atoms with E-state index in [9.17, 15) is 0 Å². The molecule has 1 aliphatic heterocycles. The summed E-state index contributed by atoms with van der Waals surface area (Å²) >= 11 is 0. The molecule has 3 heteroatoms. The molecule has 0 spiro atoms. The summed E-state index contributed by atoms with van der Waals surface area (Å²) in [6.07, 6.45) is 21.3. The van der Waals surface area contributed by atoms with E-state index in [4.69, 9.17) is 9.31 Å². The van der Waals surface area contributed by atoms with Gasteiger partial charge >= 0.3 is 7.12 Å². The molecule has 0 aromatic heterocycles. The molecule has 2 fully saturated rings. The van der Waals surface area contributed by atoms with Gasteiger partial charge in [-0.3, -0.25) is 0 Å². The lowest BCUT2D eigenvalue weighted by atomic mass is 9.67. The van der Waals surface area contributed by atoms with E-state index in [1.165, 1.54) is 37.7 Å². The van der Waals surface area contributed by atoms with E-state index in [1.54, 1.807) is 0 Å². The largest absolute Gasteiger partial charge is 0.461 e. The Morgan fingerprint density at radius 1 is 0.833 bits per heavy atom. The predicted molar refractivity (Wildman–Crippen MR) is 102 cm³/mol. The zero-order chi connectivity index (χ0) is 17.2. The lowest BCUT2D eigenvalue weighted by Crippen LogP contribution is -2.41. The third-order valence-electron chi connectivity index (χ3n) is 6.16. The van der Waals surface area contributed by atoms with Crippen LogP contribution < -0.4 is 0 Å². The molecule has 0 bridgehead atoms. The fraction of sp³-hybridized carbons (Fsp3) is 0.619. The molecular formula is C21H31BO2. The standard InChI is InChI=1S/C21H31BO2/c1-20(2)21(3,4)24-22(23-20)19-14-10-13-18(15-16-19)17-11-8-6-5-7-9-12-17/h5-9,11-12,18-19H,10,13-16H2,1-4H3/b6-5-,7-5?,8-6?,9-7-,11-8-,12-9?,17-11?,17-12+. The molecule has 2 aliphatic carbocycles. The fourth-order valence-corrected chi connectivity index (χ4v) is 3.87. The van der Waals surface area contributed by atoms with Crippen molar-refractivity contribution in [3.8, 4) is 0 Å². The van der Waals surface area contributed by atoms with Gasteiger partial charge < -0.3 is 9.31 Å². The van der Waals surface area contributed by atoms with Gasteiger partial charge in [-0.1, -0.05) is 61.8 Å². The number of allylic oxidation sites excluding steroid dienone is 8. The van der Waals surface area contributed by atoms with Crippen molar-refractivity contribution in [2.24, 2.45) is 5.92 Å². The van der Waals surface area contributed by atoms with E-state index in [1.807, 2.05) is 0 Å². The molecule has 0 aromatic rings. The monoisotopic (exact) mass is 326 g/mol. The zero-order valence-electron chi connectivity index (χ0n) is 15.6. The van der Waals surface area contributed by atoms with Gasteiger partial charge in [-0.2, -0.15) is 0 Å². The normalized spacial score (nSPS) is 38.3. The van der Waals surface area contributed by atoms with E-state index in [0.29, 0.717) is 11.7 Å². The van der Waals surface area contributed by atoms with Gasteiger partial charge in [-0.15, -0.1) is 0 Å². The SMILES string of the molecule is CC1(C)OB(C2CCCC(C3=C/C=C\C=C/C=C\3)CC2)OC1(C)C. The number of rotatable bonds is 2. The average molecular weight is 326 g/mol. The lowest BCUT2D eigenvalue weighted by molar-refractivity contribution is 0.00578. The lowest BCUT2D eigenvalue weighted by Gasteiger charge is -2.32. The summed E-state index contributed by atoms with van der Waals surface area (Å²) in [4.78, 5) is 0. The van der Waals surface area contributed by atoms with Gasteiger partial charge in [0.25, 0.3) is 0 Å². The second kappa shape index (κ2) is 7.05. The summed E-state index contributed by atoms with van der Waals surface area (Å²) in [7, 11) is -0.0431. The van der Waals surface area contributed by atoms with Crippen LogP contribution in [0.15, 0.2) is 48.1 Å². The Balaban J connectivity index is 1.64. The Hall–Kier alpha value is -1.06. The quantitative estimate of drug-likeness (QED) is 0.483. The number of hydrogen-bond acceptors (Lipinski definition) is 2. The summed E-state index contributed by atoms with van der Waals surface area (Å²) in [6, 6.07) is 0. The van der Waals surface area contributed by atoms with E-state index >= 15 is 0 Å². The third kappa shape index (κ3) is 3.78. The molecule has 0 aromatic carbocycles. The van der Waals surface area contributed by atoms with E-state index in [2.05, 4.69) is 70.2 Å². The van der Waals surface area contributed by atoms with Crippen LogP contribution in [0.5, 0.6) is 0 Å². The molecule has 2 nitrogen and oxygen atoms in total. The van der Waals surface area contributed by atoms with Gasteiger partial charge in [0.05, 0.1) is 11.2 Å². The highest BCUT2D eigenvalue weighted by molar-refractivity contribution is 6.47. The van der Waals surface area contributed by atoms with Gasteiger partial charge in [0.15, 0.2) is 0 Å². The van der Waals surface area contributed by atoms with Gasteiger partial charge in [0, 0.05) is 0 Å². The number of hydrogen-bond donors (Lipinski definition) is 0. The van der Waals surface area contributed by atoms with E-state index in [-0.39, 0.29) is 18.3 Å². The molecule has 1 saturated heterocycles. The highest BCUT2D eigenvalue weighted by atomic mass is 16.7. The molecule has 0 amide bonds. The Labute approximate surface area is 147 Å². The highest BCUT2D eigenvalue weighted by Crippen LogP contribution is 2.44. The van der Waals surface area contributed by atoms with Crippen molar-refractivity contribution >= 4 is 7.12 Å². The van der Waals surface area contributed by atoms with Crippen LogP contribution in [0, 0.1) is 5.92 Å². The fourth-order valence-electron chi connectivity index (χ4n) is 3.87. The van der Waals surface area contributed by atoms with Gasteiger partial charge in [0.1, 0.15) is 0 Å². The van der Waals surface area contributed by atoms with Crippen LogP contribution in [0.25, 0.3) is 0 Å². The molecule has 2 unspecified atom stereocenters. The van der Waals surface area contributed by atoms with Crippen molar-refractivity contribution < 1.29 is 9.31 Å². The minimum absolute atomic E-state index is 0.0431. The van der Waals surface area contributed by atoms with Gasteiger partial charge in [-0.25, -0.2) is 0 Å². The van der Waals surface area contributed by atoms with Crippen LogP contribution in [0.2, 0.25) is 5.82 Å². The molecule has 3 aliphatic rings. The van der Waals surface area contributed by atoms with Crippen molar-refractivity contribution in [2.75, 3.05) is 0 Å². The van der Waals surface area contributed by atoms with Crippen LogP contribution in [0.3, 0.4) is 0 Å². The Morgan fingerprint density at radius 2 is 1.50 bits per heavy atom. The topological polar surface area (TPSA) is 18.5 Å². The van der Waals surface area contributed by atoms with Gasteiger partial charge in [0.2, 0.25) is 0 Å². The van der Waals surface area contributed by atoms with Crippen molar-refractivity contribution in [2.45, 2.75) is 76.8 Å². The minimum Gasteiger partial charge on any atom is -0.403 e. The van der Waals surface area contributed by atoms with E-state index in [0.717, 1.165) is 0 Å². The molecule has 1 heterocycles. The molecule has 130 valence electrons. The average Bonchev–Trinajstić information content (AvgIpc) is 2.65. The Kier molecular flexibility index (Phi) is 5.22. The highest BCUT2D eigenvalue weighted by Gasteiger charge is 2.53. The summed E-state index contributed by atoms with van der Waals surface area (Å²) in [5, 5.41) is 0. The minimum atomic E-state index is -0.217. The first kappa shape index (κ1) is 17.8. The first-order valence-corrected chi connectivity index (χ1v) is 9.46. The van der Waals surface area contributed by atoms with Crippen LogP contribution in [-0.2, 0) is 9.31 Å². The molecule has 2 atom stereocenters. The maximum atomic E-state index is 6.31. The summed E-state index contributed by atoms with van der Waals surface area (Å²) in [6.45, 7) is 8.60. The molecular weight excluding hydrogens is 295 g/mol. The van der Waals surface area contributed by atoms with Gasteiger partial charge in [-0.05, 0) is 57.8 Å². The molecule has 0 N–H and O–H groups in total. The maximum Gasteiger partial charge on any atom is 0.461 e. The van der Waals surface area contributed by atoms with Crippen molar-refractivity contribution in [1.82, 2.24) is 0 Å². The molecule has 3 rings (SSSR count). The second-order valence-electron chi connectivity index (χ2n) is 8.39. The summed E-state index contributed by atoms with van der Waals surface area (Å²) < 4.78 is 12.6. The third-order valence-corrected chi connectivity index (χ3v) is 6.16. The zero-order valence-corrected chi connectivity index (χ0v) is 15.6. The van der Waals surface area contributed by atoms with Crippen molar-refractivity contribution in [1.29, 1.82) is 0 Å². The molecule has 24 heavy (non-hydrogen) atoms. The van der Waals surface area contributed by atoms with Crippen LogP contribution in [0.4, 0.5) is 0 Å². The Bertz CT molecular complexity index is 552. The second-order valence-corrected chi connectivity index (χ2v) is 8.39. The predicted octanol–water partition coefficient (Wildman–Crippen LogP) is 5.64. The van der Waals surface area contributed by atoms with Crippen LogP contribution >= 0.6 is 0 Å². The van der Waals surface area contributed by atoms with E-state index < -0.39 is 0 Å². The maximum absolute atomic E-state index is 6.31. The first-order valence-electron chi connectivity index (χ1n) is 9.46. The summed E-state index contributed by atoms with van der Waals surface area (Å²) in [5.74, 6) is 1.18. The smallest absolute Gasteiger partial charge is 0.403 e. The first-order chi connectivity index (χ1) is 11.4.